The van der Waals surface area contributed by atoms with Crippen LogP contribution < -0.4 is 14.7 Å². The second kappa shape index (κ2) is 4.38. The van der Waals surface area contributed by atoms with Gasteiger partial charge in [-0.15, -0.1) is 0 Å². The van der Waals surface area contributed by atoms with Crippen LogP contribution in [0.25, 0.3) is 10.8 Å². The van der Waals surface area contributed by atoms with Crippen molar-refractivity contribution in [2.75, 3.05) is 39.6 Å². The third-order valence-electron chi connectivity index (χ3n) is 5.76. The fourth-order valence-corrected chi connectivity index (χ4v) is 5.12. The molecule has 22 heavy (non-hydrogen) atoms. The average Bonchev–Trinajstić information content (AvgIpc) is 2.52. The summed E-state index contributed by atoms with van der Waals surface area (Å²) in [5, 5.41) is 2.38. The number of ketones is 1. The molecule has 2 aromatic rings. The first-order valence-electron chi connectivity index (χ1n) is 8.26. The molecule has 4 saturated heterocycles. The van der Waals surface area contributed by atoms with E-state index in [2.05, 4.69) is 24.3 Å². The molecule has 4 nitrogen and oxygen atoms in total. The molecule has 3 N–H and O–H groups in total. The Hall–Kier alpha value is -1.75. The molecule has 0 aromatic heterocycles. The van der Waals surface area contributed by atoms with Crippen molar-refractivity contribution in [3.05, 3.63) is 48.0 Å². The molecule has 4 aliphatic rings. The Labute approximate surface area is 129 Å². The molecule has 0 saturated carbocycles. The van der Waals surface area contributed by atoms with Gasteiger partial charge in [0.1, 0.15) is 19.6 Å². The molecule has 4 heterocycles. The van der Waals surface area contributed by atoms with Crippen molar-refractivity contribution >= 4 is 16.6 Å². The number of Topliss-reactive ketones (excluding diaryl/α,β-unsaturated/α-hetero) is 1. The van der Waals surface area contributed by atoms with Crippen molar-refractivity contribution in [2.45, 2.75) is 0 Å². The number of rotatable bonds is 2. The molecule has 2 aromatic carbocycles. The fraction of sp³-hybridized carbons (Fsp3) is 0.389. The summed E-state index contributed by atoms with van der Waals surface area (Å²) in [6.45, 7) is 6.71. The zero-order valence-corrected chi connectivity index (χ0v) is 12.7. The Bertz CT molecular complexity index is 734. The van der Waals surface area contributed by atoms with Gasteiger partial charge < -0.3 is 0 Å². The molecule has 4 heteroatoms. The van der Waals surface area contributed by atoms with Gasteiger partial charge in [0.15, 0.2) is 11.2 Å². The number of carbonyl (C=O) groups excluding carboxylic acids is 1. The van der Waals surface area contributed by atoms with Gasteiger partial charge in [-0.05, 0) is 16.8 Å². The van der Waals surface area contributed by atoms with Gasteiger partial charge in [-0.2, -0.15) is 0 Å². The third-order valence-corrected chi connectivity index (χ3v) is 5.76. The minimum absolute atomic E-state index is 0.128. The predicted octanol–water partition coefficient (Wildman–Crippen LogP) is -2.42. The van der Waals surface area contributed by atoms with E-state index in [-0.39, 0.29) is 5.41 Å². The number of fused-ring (bicyclic) bond motifs is 1. The van der Waals surface area contributed by atoms with E-state index in [4.69, 9.17) is 0 Å². The van der Waals surface area contributed by atoms with Crippen molar-refractivity contribution in [1.82, 2.24) is 0 Å². The van der Waals surface area contributed by atoms with Crippen LogP contribution in [-0.4, -0.2) is 45.4 Å². The molecule has 4 fully saturated rings. The van der Waals surface area contributed by atoms with Crippen LogP contribution in [0.4, 0.5) is 0 Å². The van der Waals surface area contributed by atoms with Gasteiger partial charge in [0.05, 0.1) is 0 Å². The molecule has 0 spiro atoms. The summed E-state index contributed by atoms with van der Waals surface area (Å²) >= 11 is 0. The normalized spacial score (nSPS) is 35.9. The van der Waals surface area contributed by atoms with Gasteiger partial charge in [0.25, 0.3) is 0 Å². The summed E-state index contributed by atoms with van der Waals surface area (Å²) in [5.74, 6) is 0.379. The highest BCUT2D eigenvalue weighted by Crippen LogP contribution is 2.24. The van der Waals surface area contributed by atoms with Gasteiger partial charge in [0.2, 0.25) is 20.0 Å². The number of nitrogens with one attached hydrogen (secondary N) is 3. The average molecular weight is 296 g/mol. The number of quaternary nitrogens is 3. The summed E-state index contributed by atoms with van der Waals surface area (Å²) in [6.07, 6.45) is 0. The van der Waals surface area contributed by atoms with Crippen LogP contribution in [0.15, 0.2) is 42.5 Å². The van der Waals surface area contributed by atoms with E-state index in [0.29, 0.717) is 5.78 Å². The van der Waals surface area contributed by atoms with Crippen molar-refractivity contribution in [3.63, 3.8) is 0 Å². The molecule has 4 aliphatic heterocycles. The lowest BCUT2D eigenvalue weighted by Crippen LogP contribution is -3.56. The van der Waals surface area contributed by atoms with Crippen molar-refractivity contribution in [2.24, 2.45) is 5.41 Å². The van der Waals surface area contributed by atoms with Crippen LogP contribution in [0.1, 0.15) is 10.4 Å². The molecular weight excluding hydrogens is 274 g/mol. The maximum Gasteiger partial charge on any atom is 0.213 e. The molecular formula is C18H22N3O+3. The van der Waals surface area contributed by atoms with Gasteiger partial charge >= 0.3 is 0 Å². The van der Waals surface area contributed by atoms with Crippen molar-refractivity contribution in [1.29, 1.82) is 0 Å². The van der Waals surface area contributed by atoms with Crippen LogP contribution >= 0.6 is 0 Å². The highest BCUT2D eigenvalue weighted by atomic mass is 16.1. The summed E-state index contributed by atoms with van der Waals surface area (Å²) < 4.78 is 0. The van der Waals surface area contributed by atoms with Gasteiger partial charge in [0, 0.05) is 5.56 Å². The smallest absolute Gasteiger partial charge is 0.213 e. The van der Waals surface area contributed by atoms with Crippen molar-refractivity contribution in [3.8, 4) is 0 Å². The molecule has 6 rings (SSSR count). The quantitative estimate of drug-likeness (QED) is 0.529. The minimum atomic E-state index is -0.128. The second-order valence-electron chi connectivity index (χ2n) is 7.48. The number of hydrogen-bond donors (Lipinski definition) is 3. The first-order chi connectivity index (χ1) is 10.7. The van der Waals surface area contributed by atoms with Crippen LogP contribution in [0, 0.1) is 5.41 Å². The van der Waals surface area contributed by atoms with Crippen LogP contribution in [-0.2, 0) is 0 Å². The summed E-state index contributed by atoms with van der Waals surface area (Å²) in [5.41, 5.74) is 0.777. The number of benzene rings is 2. The summed E-state index contributed by atoms with van der Waals surface area (Å²) in [6, 6.07) is 14.5. The first-order valence-corrected chi connectivity index (χ1v) is 8.26. The molecule has 0 atom stereocenters. The Morgan fingerprint density at radius 1 is 0.818 bits per heavy atom. The van der Waals surface area contributed by atoms with E-state index in [9.17, 15) is 4.79 Å². The standard InChI is InChI=1S/C18H19N3O/c22-17(16-6-5-14-3-1-2-4-15(14)7-16)18-8-19-11-20(9-18)13-21(10-18)12-19/h1-7H,8-13H2/p+3. The second-order valence-corrected chi connectivity index (χ2v) is 7.48. The van der Waals surface area contributed by atoms with E-state index in [1.54, 1.807) is 14.7 Å². The molecule has 0 radical (unpaired) electrons. The predicted molar refractivity (Wildman–Crippen MR) is 82.8 cm³/mol. The lowest BCUT2D eigenvalue weighted by atomic mass is 9.75. The Morgan fingerprint density at radius 3 is 2.05 bits per heavy atom. The van der Waals surface area contributed by atoms with Crippen LogP contribution in [0.3, 0.4) is 0 Å². The van der Waals surface area contributed by atoms with E-state index >= 15 is 0 Å². The van der Waals surface area contributed by atoms with E-state index in [0.717, 1.165) is 25.2 Å². The highest BCUT2D eigenvalue weighted by Gasteiger charge is 2.61. The van der Waals surface area contributed by atoms with Crippen LogP contribution in [0.5, 0.6) is 0 Å². The zero-order valence-electron chi connectivity index (χ0n) is 12.7. The maximum absolute atomic E-state index is 13.3. The summed E-state index contributed by atoms with van der Waals surface area (Å²) in [4.78, 5) is 18.1. The number of carbonyl (C=O) groups is 1. The molecule has 112 valence electrons. The van der Waals surface area contributed by atoms with E-state index in [1.165, 1.54) is 30.8 Å². The summed E-state index contributed by atoms with van der Waals surface area (Å²) in [7, 11) is 0. The monoisotopic (exact) mass is 296 g/mol. The molecule has 4 bridgehead atoms. The first kappa shape index (κ1) is 12.8. The Balaban J connectivity index is 1.55. The molecule has 0 unspecified atom stereocenters. The highest BCUT2D eigenvalue weighted by molar-refractivity contribution is 6.03. The Morgan fingerprint density at radius 2 is 1.41 bits per heavy atom. The van der Waals surface area contributed by atoms with E-state index < -0.39 is 0 Å². The van der Waals surface area contributed by atoms with Gasteiger partial charge in [-0.1, -0.05) is 36.4 Å². The number of hydrogen-bond acceptors (Lipinski definition) is 1. The minimum Gasteiger partial charge on any atom is -0.293 e. The largest absolute Gasteiger partial charge is 0.293 e. The molecule has 0 aliphatic carbocycles. The topological polar surface area (TPSA) is 30.4 Å². The van der Waals surface area contributed by atoms with Gasteiger partial charge in [-0.25, -0.2) is 14.7 Å². The lowest BCUT2D eigenvalue weighted by Gasteiger charge is -2.51. The Kier molecular flexibility index (Phi) is 2.54. The molecule has 0 amide bonds. The van der Waals surface area contributed by atoms with Crippen LogP contribution in [0.2, 0.25) is 0 Å². The van der Waals surface area contributed by atoms with E-state index in [1.807, 2.05) is 18.2 Å². The fourth-order valence-electron chi connectivity index (χ4n) is 5.12. The maximum atomic E-state index is 13.3. The zero-order chi connectivity index (χ0) is 14.7. The van der Waals surface area contributed by atoms with Crippen molar-refractivity contribution < 1.29 is 19.5 Å². The van der Waals surface area contributed by atoms with Gasteiger partial charge in [-0.3, -0.25) is 4.79 Å². The SMILES string of the molecule is O=C(c1ccc2ccccc2c1)C12C[NH+]3C[NH+](C[NH+](C3)C1)C2. The third kappa shape index (κ3) is 1.78. The lowest BCUT2D eigenvalue weighted by molar-refractivity contribution is -1.30.